The number of rotatable bonds is 5. The molecular formula is C23H19F2N5O2. The number of halogens is 2. The molecule has 0 atom stereocenters. The van der Waals surface area contributed by atoms with Crippen LogP contribution in [-0.2, 0) is 0 Å². The van der Waals surface area contributed by atoms with Gasteiger partial charge in [-0.3, -0.25) is 4.79 Å². The van der Waals surface area contributed by atoms with E-state index < -0.39 is 17.5 Å². The Morgan fingerprint density at radius 2 is 1.72 bits per heavy atom. The molecule has 0 bridgehead atoms. The number of aromatic nitrogens is 4. The summed E-state index contributed by atoms with van der Waals surface area (Å²) in [6, 6.07) is 12.6. The highest BCUT2D eigenvalue weighted by molar-refractivity contribution is 6.04. The van der Waals surface area contributed by atoms with E-state index in [1.165, 1.54) is 0 Å². The summed E-state index contributed by atoms with van der Waals surface area (Å²) < 4.78 is 34.2. The highest BCUT2D eigenvalue weighted by atomic mass is 19.1. The second-order valence-electron chi connectivity index (χ2n) is 7.14. The molecule has 0 aliphatic rings. The Balaban J connectivity index is 1.42. The molecule has 4 rings (SSSR count). The fourth-order valence-electron chi connectivity index (χ4n) is 3.02. The zero-order chi connectivity index (χ0) is 22.8. The maximum atomic E-state index is 13.8. The molecule has 162 valence electrons. The highest BCUT2D eigenvalue weighted by Crippen LogP contribution is 2.23. The molecule has 0 saturated carbocycles. The monoisotopic (exact) mass is 435 g/mol. The summed E-state index contributed by atoms with van der Waals surface area (Å²) in [5.74, 6) is -1.02. The van der Waals surface area contributed by atoms with Gasteiger partial charge in [-0.05, 0) is 68.8 Å². The zero-order valence-electron chi connectivity index (χ0n) is 17.6. The molecule has 0 aliphatic carbocycles. The molecule has 7 nitrogen and oxygen atoms in total. The first kappa shape index (κ1) is 21.1. The Bertz CT molecular complexity index is 1290. The quantitative estimate of drug-likeness (QED) is 0.482. The summed E-state index contributed by atoms with van der Waals surface area (Å²) in [4.78, 5) is 12.2. The fourth-order valence-corrected chi connectivity index (χ4v) is 3.02. The van der Waals surface area contributed by atoms with Crippen LogP contribution in [0.5, 0.6) is 11.6 Å². The van der Waals surface area contributed by atoms with Gasteiger partial charge in [0.05, 0.1) is 11.3 Å². The molecule has 0 radical (unpaired) electrons. The van der Waals surface area contributed by atoms with Crippen molar-refractivity contribution in [2.45, 2.75) is 20.8 Å². The van der Waals surface area contributed by atoms with E-state index in [4.69, 9.17) is 4.74 Å². The normalized spacial score (nSPS) is 10.8. The zero-order valence-corrected chi connectivity index (χ0v) is 17.6. The van der Waals surface area contributed by atoms with Gasteiger partial charge in [0, 0.05) is 23.5 Å². The predicted octanol–water partition coefficient (Wildman–Crippen LogP) is 4.91. The van der Waals surface area contributed by atoms with Gasteiger partial charge in [-0.1, -0.05) is 0 Å². The predicted molar refractivity (Wildman–Crippen MR) is 114 cm³/mol. The van der Waals surface area contributed by atoms with Crippen molar-refractivity contribution in [3.05, 3.63) is 88.7 Å². The van der Waals surface area contributed by atoms with Crippen LogP contribution in [0.4, 0.5) is 14.5 Å². The van der Waals surface area contributed by atoms with Crippen LogP contribution in [0.1, 0.15) is 27.3 Å². The fraction of sp³-hybridized carbons (Fsp3) is 0.130. The second-order valence-corrected chi connectivity index (χ2v) is 7.14. The molecule has 0 unspecified atom stereocenters. The van der Waals surface area contributed by atoms with E-state index in [9.17, 15) is 13.6 Å². The van der Waals surface area contributed by atoms with Gasteiger partial charge in [-0.25, -0.2) is 13.5 Å². The Labute approximate surface area is 182 Å². The average molecular weight is 435 g/mol. The third kappa shape index (κ3) is 4.31. The molecule has 4 aromatic rings. The van der Waals surface area contributed by atoms with Crippen molar-refractivity contribution in [1.82, 2.24) is 20.0 Å². The van der Waals surface area contributed by atoms with Crippen LogP contribution in [0.25, 0.3) is 5.82 Å². The number of nitrogens with one attached hydrogen (secondary N) is 1. The van der Waals surface area contributed by atoms with E-state index in [2.05, 4.69) is 20.6 Å². The van der Waals surface area contributed by atoms with Crippen LogP contribution in [0.3, 0.4) is 0 Å². The lowest BCUT2D eigenvalue weighted by Crippen LogP contribution is -2.13. The first-order chi connectivity index (χ1) is 15.3. The molecule has 0 fully saturated rings. The van der Waals surface area contributed by atoms with E-state index in [0.29, 0.717) is 23.3 Å². The van der Waals surface area contributed by atoms with E-state index >= 15 is 0 Å². The molecular weight excluding hydrogens is 416 g/mol. The summed E-state index contributed by atoms with van der Waals surface area (Å²) in [5.41, 5.74) is 3.19. The average Bonchev–Trinajstić information content (AvgIpc) is 3.03. The van der Waals surface area contributed by atoms with Crippen molar-refractivity contribution >= 4 is 11.6 Å². The molecule has 2 heterocycles. The van der Waals surface area contributed by atoms with Crippen molar-refractivity contribution in [2.24, 2.45) is 0 Å². The lowest BCUT2D eigenvalue weighted by atomic mass is 10.2. The first-order valence-electron chi connectivity index (χ1n) is 9.73. The van der Waals surface area contributed by atoms with Gasteiger partial charge >= 0.3 is 0 Å². The largest absolute Gasteiger partial charge is 0.438 e. The van der Waals surface area contributed by atoms with Gasteiger partial charge in [0.15, 0.2) is 5.82 Å². The number of benzene rings is 2. The van der Waals surface area contributed by atoms with Crippen molar-refractivity contribution < 1.29 is 18.3 Å². The lowest BCUT2D eigenvalue weighted by molar-refractivity contribution is 0.102. The summed E-state index contributed by atoms with van der Waals surface area (Å²) in [6.07, 6.45) is 0. The van der Waals surface area contributed by atoms with Crippen molar-refractivity contribution in [3.63, 3.8) is 0 Å². The van der Waals surface area contributed by atoms with Gasteiger partial charge in [0.2, 0.25) is 5.88 Å². The van der Waals surface area contributed by atoms with Gasteiger partial charge in [-0.15, -0.1) is 10.2 Å². The van der Waals surface area contributed by atoms with E-state index in [1.54, 1.807) is 41.1 Å². The second kappa shape index (κ2) is 8.54. The van der Waals surface area contributed by atoms with Gasteiger partial charge in [0.1, 0.15) is 17.4 Å². The molecule has 2 aromatic heterocycles. The number of anilines is 1. The summed E-state index contributed by atoms with van der Waals surface area (Å²) in [7, 11) is 0. The number of hydrogen-bond acceptors (Lipinski definition) is 5. The maximum absolute atomic E-state index is 13.8. The van der Waals surface area contributed by atoms with Crippen LogP contribution in [0.2, 0.25) is 0 Å². The van der Waals surface area contributed by atoms with Crippen molar-refractivity contribution in [3.8, 4) is 17.4 Å². The Morgan fingerprint density at radius 3 is 2.31 bits per heavy atom. The molecule has 9 heteroatoms. The topological polar surface area (TPSA) is 81.9 Å². The number of ether oxygens (including phenoxy) is 1. The smallest absolute Gasteiger partial charge is 0.258 e. The van der Waals surface area contributed by atoms with E-state index in [1.807, 2.05) is 20.8 Å². The number of aryl methyl sites for hydroxylation is 1. The van der Waals surface area contributed by atoms with E-state index in [-0.39, 0.29) is 11.4 Å². The van der Waals surface area contributed by atoms with Crippen LogP contribution < -0.4 is 10.1 Å². The minimum absolute atomic E-state index is 0.250. The third-order valence-corrected chi connectivity index (χ3v) is 5.01. The van der Waals surface area contributed by atoms with Crippen LogP contribution in [-0.4, -0.2) is 25.9 Å². The number of carbonyl (C=O) groups excluding carboxylic acids is 1. The number of nitrogens with zero attached hydrogens (tertiary/aromatic N) is 4. The maximum Gasteiger partial charge on any atom is 0.258 e. The Kier molecular flexibility index (Phi) is 5.63. The molecule has 1 amide bonds. The Hall–Kier alpha value is -4.14. The lowest BCUT2D eigenvalue weighted by Gasteiger charge is -2.08. The van der Waals surface area contributed by atoms with Crippen LogP contribution >= 0.6 is 0 Å². The van der Waals surface area contributed by atoms with Crippen LogP contribution in [0, 0.1) is 32.4 Å². The Morgan fingerprint density at radius 1 is 0.969 bits per heavy atom. The molecule has 1 N–H and O–H groups in total. The number of carbonyl (C=O) groups is 1. The molecule has 0 aliphatic heterocycles. The van der Waals surface area contributed by atoms with Gasteiger partial charge in [-0.2, -0.15) is 5.10 Å². The highest BCUT2D eigenvalue weighted by Gasteiger charge is 2.13. The van der Waals surface area contributed by atoms with Crippen molar-refractivity contribution in [2.75, 3.05) is 5.32 Å². The number of hydrogen-bond donors (Lipinski definition) is 1. The summed E-state index contributed by atoms with van der Waals surface area (Å²) in [6.45, 7) is 5.90. The SMILES string of the molecule is Cc1nn(-c2ccc(Oc3ccc(NC(=O)c4ccc(F)cc4F)cc3)nn2)c(C)c1C. The minimum atomic E-state index is -0.930. The molecule has 0 saturated heterocycles. The number of amides is 1. The summed E-state index contributed by atoms with van der Waals surface area (Å²) in [5, 5.41) is 15.3. The first-order valence-corrected chi connectivity index (χ1v) is 9.73. The molecule has 2 aromatic carbocycles. The molecule has 32 heavy (non-hydrogen) atoms. The molecule has 0 spiro atoms. The van der Waals surface area contributed by atoms with Gasteiger partial charge in [0.25, 0.3) is 5.91 Å². The van der Waals surface area contributed by atoms with Crippen LogP contribution in [0.15, 0.2) is 54.6 Å². The van der Waals surface area contributed by atoms with Crippen molar-refractivity contribution in [1.29, 1.82) is 0 Å². The third-order valence-electron chi connectivity index (χ3n) is 5.01. The minimum Gasteiger partial charge on any atom is -0.438 e. The summed E-state index contributed by atoms with van der Waals surface area (Å²) >= 11 is 0. The standard InChI is InChI=1S/C23H19F2N5O2/c1-13-14(2)29-30(15(13)3)21-10-11-22(28-27-21)32-18-7-5-17(6-8-18)26-23(31)19-9-4-16(24)12-20(19)25/h4-12H,1-3H3,(H,26,31). The van der Waals surface area contributed by atoms with E-state index in [0.717, 1.165) is 29.1 Å². The van der Waals surface area contributed by atoms with Gasteiger partial charge < -0.3 is 10.1 Å².